The molecular formula is C19H25N3O3. The van der Waals surface area contributed by atoms with Crippen LogP contribution in [0.2, 0.25) is 0 Å². The molecule has 2 rings (SSSR count). The molecule has 0 fully saturated rings. The summed E-state index contributed by atoms with van der Waals surface area (Å²) in [5, 5.41) is 16.5. The van der Waals surface area contributed by atoms with E-state index in [1.165, 1.54) is 0 Å². The summed E-state index contributed by atoms with van der Waals surface area (Å²) >= 11 is 0. The number of hydrogen-bond donors (Lipinski definition) is 2. The van der Waals surface area contributed by atoms with Crippen LogP contribution in [0.3, 0.4) is 0 Å². The van der Waals surface area contributed by atoms with Crippen molar-refractivity contribution in [3.63, 3.8) is 0 Å². The third kappa shape index (κ3) is 4.07. The van der Waals surface area contributed by atoms with Crippen LogP contribution in [0.15, 0.2) is 24.3 Å². The third-order valence-corrected chi connectivity index (χ3v) is 4.69. The standard InChI is InChI=1S/C19H25N3O3/c1-12-16(13(2)22(5)21-12)10-11-17(23)20-15-8-6-14(7-9-15)19(3,4)18(24)25/h6-9H,10-11H2,1-5H3,(H,20,23)(H,24,25). The first-order valence-electron chi connectivity index (χ1n) is 8.25. The van der Waals surface area contributed by atoms with Crippen LogP contribution in [-0.2, 0) is 28.5 Å². The van der Waals surface area contributed by atoms with Crippen LogP contribution in [0.25, 0.3) is 0 Å². The van der Waals surface area contributed by atoms with Crippen LogP contribution in [0.5, 0.6) is 0 Å². The molecule has 0 aliphatic heterocycles. The maximum Gasteiger partial charge on any atom is 0.313 e. The number of aryl methyl sites for hydroxylation is 2. The molecule has 1 heterocycles. The van der Waals surface area contributed by atoms with Crippen LogP contribution in [0, 0.1) is 13.8 Å². The Bertz CT molecular complexity index is 789. The van der Waals surface area contributed by atoms with E-state index < -0.39 is 11.4 Å². The number of carboxylic acids is 1. The highest BCUT2D eigenvalue weighted by Crippen LogP contribution is 2.25. The van der Waals surface area contributed by atoms with Crippen LogP contribution >= 0.6 is 0 Å². The molecule has 0 unspecified atom stereocenters. The molecule has 0 aliphatic carbocycles. The SMILES string of the molecule is Cc1nn(C)c(C)c1CCC(=O)Nc1ccc(C(C)(C)C(=O)O)cc1. The molecule has 134 valence electrons. The van der Waals surface area contributed by atoms with Crippen molar-refractivity contribution >= 4 is 17.6 Å². The molecule has 2 N–H and O–H groups in total. The predicted molar refractivity (Wildman–Crippen MR) is 96.7 cm³/mol. The molecule has 6 nitrogen and oxygen atoms in total. The first kappa shape index (κ1) is 18.7. The zero-order valence-corrected chi connectivity index (χ0v) is 15.4. The Labute approximate surface area is 147 Å². The van der Waals surface area contributed by atoms with Gasteiger partial charge in [0.25, 0.3) is 0 Å². The van der Waals surface area contributed by atoms with E-state index in [0.29, 0.717) is 24.1 Å². The summed E-state index contributed by atoms with van der Waals surface area (Å²) in [6, 6.07) is 6.94. The highest BCUT2D eigenvalue weighted by atomic mass is 16.4. The molecule has 0 saturated carbocycles. The lowest BCUT2D eigenvalue weighted by Gasteiger charge is -2.19. The van der Waals surface area contributed by atoms with E-state index in [-0.39, 0.29) is 5.91 Å². The maximum atomic E-state index is 12.2. The highest BCUT2D eigenvalue weighted by molar-refractivity contribution is 5.91. The minimum atomic E-state index is -0.960. The fourth-order valence-corrected chi connectivity index (χ4v) is 2.73. The molecule has 0 radical (unpaired) electrons. The fourth-order valence-electron chi connectivity index (χ4n) is 2.73. The van der Waals surface area contributed by atoms with E-state index in [9.17, 15) is 14.7 Å². The quantitative estimate of drug-likeness (QED) is 0.844. The highest BCUT2D eigenvalue weighted by Gasteiger charge is 2.29. The van der Waals surface area contributed by atoms with Crippen LogP contribution in [-0.4, -0.2) is 26.8 Å². The number of aliphatic carboxylic acids is 1. The van der Waals surface area contributed by atoms with Crippen molar-refractivity contribution in [2.45, 2.75) is 46.0 Å². The van der Waals surface area contributed by atoms with E-state index in [0.717, 1.165) is 17.0 Å². The number of aromatic nitrogens is 2. The lowest BCUT2D eigenvalue weighted by Crippen LogP contribution is -2.28. The largest absolute Gasteiger partial charge is 0.481 e. The van der Waals surface area contributed by atoms with Crippen molar-refractivity contribution < 1.29 is 14.7 Å². The van der Waals surface area contributed by atoms with Crippen molar-refractivity contribution in [1.29, 1.82) is 0 Å². The lowest BCUT2D eigenvalue weighted by atomic mass is 9.85. The Hall–Kier alpha value is -2.63. The van der Waals surface area contributed by atoms with E-state index >= 15 is 0 Å². The number of benzene rings is 1. The van der Waals surface area contributed by atoms with Gasteiger partial charge in [0.15, 0.2) is 0 Å². The zero-order chi connectivity index (χ0) is 18.8. The molecule has 0 atom stereocenters. The topological polar surface area (TPSA) is 84.2 Å². The van der Waals surface area contributed by atoms with Gasteiger partial charge in [0.1, 0.15) is 0 Å². The smallest absolute Gasteiger partial charge is 0.313 e. The number of hydrogen-bond acceptors (Lipinski definition) is 3. The molecule has 1 aromatic heterocycles. The number of carboxylic acid groups (broad SMARTS) is 1. The van der Waals surface area contributed by atoms with E-state index in [4.69, 9.17) is 0 Å². The van der Waals surface area contributed by atoms with E-state index in [1.54, 1.807) is 38.1 Å². The van der Waals surface area contributed by atoms with Gasteiger partial charge < -0.3 is 10.4 Å². The Balaban J connectivity index is 1.98. The molecule has 0 saturated heterocycles. The van der Waals surface area contributed by atoms with Crippen LogP contribution < -0.4 is 5.32 Å². The second-order valence-corrected chi connectivity index (χ2v) is 6.83. The summed E-state index contributed by atoms with van der Waals surface area (Å²) in [6.07, 6.45) is 1.01. The van der Waals surface area contributed by atoms with Gasteiger partial charge in [-0.25, -0.2) is 0 Å². The van der Waals surface area contributed by atoms with Crippen molar-refractivity contribution in [2.75, 3.05) is 5.32 Å². The second kappa shape index (κ2) is 7.09. The Kier molecular flexibility index (Phi) is 5.30. The van der Waals surface area contributed by atoms with Crippen molar-refractivity contribution in [2.24, 2.45) is 7.05 Å². The number of nitrogens with one attached hydrogen (secondary N) is 1. The third-order valence-electron chi connectivity index (χ3n) is 4.69. The average molecular weight is 343 g/mol. The molecule has 6 heteroatoms. The fraction of sp³-hybridized carbons (Fsp3) is 0.421. The molecule has 25 heavy (non-hydrogen) atoms. The average Bonchev–Trinajstić information content (AvgIpc) is 2.78. The number of rotatable bonds is 6. The summed E-state index contributed by atoms with van der Waals surface area (Å²) in [5.41, 5.74) is 3.53. The van der Waals surface area contributed by atoms with Crippen molar-refractivity contribution in [3.05, 3.63) is 46.8 Å². The van der Waals surface area contributed by atoms with Gasteiger partial charge in [-0.2, -0.15) is 5.10 Å². The monoisotopic (exact) mass is 343 g/mol. The first-order chi connectivity index (χ1) is 11.6. The van der Waals surface area contributed by atoms with Gasteiger partial charge in [-0.3, -0.25) is 14.3 Å². The molecule has 0 spiro atoms. The van der Waals surface area contributed by atoms with E-state index in [1.807, 2.05) is 25.6 Å². The molecule has 0 aliphatic rings. The zero-order valence-electron chi connectivity index (χ0n) is 15.4. The Morgan fingerprint density at radius 3 is 2.28 bits per heavy atom. The normalized spacial score (nSPS) is 11.4. The predicted octanol–water partition coefficient (Wildman–Crippen LogP) is 2.97. The number of anilines is 1. The maximum absolute atomic E-state index is 12.2. The van der Waals surface area contributed by atoms with Crippen molar-refractivity contribution in [1.82, 2.24) is 9.78 Å². The molecule has 1 amide bonds. The Morgan fingerprint density at radius 1 is 1.20 bits per heavy atom. The summed E-state index contributed by atoms with van der Waals surface area (Å²) in [4.78, 5) is 23.5. The first-order valence-corrected chi connectivity index (χ1v) is 8.25. The number of amides is 1. The minimum absolute atomic E-state index is 0.0760. The molecule has 0 bridgehead atoms. The minimum Gasteiger partial charge on any atom is -0.481 e. The van der Waals surface area contributed by atoms with E-state index in [2.05, 4.69) is 10.4 Å². The lowest BCUT2D eigenvalue weighted by molar-refractivity contribution is -0.142. The Morgan fingerprint density at radius 2 is 1.80 bits per heavy atom. The summed E-state index contributed by atoms with van der Waals surface area (Å²) in [6.45, 7) is 7.25. The summed E-state index contributed by atoms with van der Waals surface area (Å²) in [5.74, 6) is -0.959. The van der Waals surface area contributed by atoms with Gasteiger partial charge in [-0.15, -0.1) is 0 Å². The summed E-state index contributed by atoms with van der Waals surface area (Å²) in [7, 11) is 1.89. The van der Waals surface area contributed by atoms with Crippen LogP contribution in [0.1, 0.15) is 42.8 Å². The number of carbonyl (C=O) groups is 2. The van der Waals surface area contributed by atoms with Crippen LogP contribution in [0.4, 0.5) is 5.69 Å². The van der Waals surface area contributed by atoms with Crippen molar-refractivity contribution in [3.8, 4) is 0 Å². The van der Waals surface area contributed by atoms with Gasteiger partial charge in [-0.1, -0.05) is 12.1 Å². The van der Waals surface area contributed by atoms with Gasteiger partial charge in [0.2, 0.25) is 5.91 Å². The van der Waals surface area contributed by atoms with Gasteiger partial charge >= 0.3 is 5.97 Å². The second-order valence-electron chi connectivity index (χ2n) is 6.83. The van der Waals surface area contributed by atoms with Gasteiger partial charge in [0.05, 0.1) is 11.1 Å². The molecule has 2 aromatic rings. The van der Waals surface area contributed by atoms with Gasteiger partial charge in [0, 0.05) is 24.8 Å². The molecule has 1 aromatic carbocycles. The number of carbonyl (C=O) groups excluding carboxylic acids is 1. The van der Waals surface area contributed by atoms with Gasteiger partial charge in [-0.05, 0) is 57.4 Å². The molecular weight excluding hydrogens is 318 g/mol. The summed E-state index contributed by atoms with van der Waals surface area (Å²) < 4.78 is 1.82. The number of nitrogens with zero attached hydrogens (tertiary/aromatic N) is 2.